The first-order valence-electron chi connectivity index (χ1n) is 8.39. The first-order valence-corrected chi connectivity index (χ1v) is 8.39. The Morgan fingerprint density at radius 1 is 1.23 bits per heavy atom. The standard InChI is InChI=1S/C20H20N2O3.ClH/c1-24-18-6-5-15(10-17(18)21)22-20(23)9-14-11-25-19-8-13-4-2-3-12(13)7-16(14)19;/h5-8,10-11H,2-4,9,21H2,1H3,(H,22,23);1H. The van der Waals surface area contributed by atoms with E-state index < -0.39 is 0 Å². The summed E-state index contributed by atoms with van der Waals surface area (Å²) in [6, 6.07) is 9.49. The summed E-state index contributed by atoms with van der Waals surface area (Å²) < 4.78 is 10.8. The molecular weight excluding hydrogens is 352 g/mol. The molecule has 5 nitrogen and oxygen atoms in total. The molecular formula is C20H21ClN2O3. The van der Waals surface area contributed by atoms with Crippen LogP contribution in [0.15, 0.2) is 41.0 Å². The molecule has 6 heteroatoms. The molecule has 0 fully saturated rings. The lowest BCUT2D eigenvalue weighted by Crippen LogP contribution is -2.14. The minimum Gasteiger partial charge on any atom is -0.495 e. The van der Waals surface area contributed by atoms with Crippen molar-refractivity contribution in [3.05, 3.63) is 53.3 Å². The second-order valence-corrected chi connectivity index (χ2v) is 6.41. The van der Waals surface area contributed by atoms with Crippen molar-refractivity contribution in [3.8, 4) is 5.75 Å². The molecule has 0 saturated heterocycles. The van der Waals surface area contributed by atoms with Crippen LogP contribution in [0.1, 0.15) is 23.1 Å². The highest BCUT2D eigenvalue weighted by Crippen LogP contribution is 2.31. The number of benzene rings is 2. The predicted octanol–water partition coefficient (Wildman–Crippen LogP) is 4.12. The minimum atomic E-state index is -0.104. The zero-order valence-electron chi connectivity index (χ0n) is 14.5. The molecule has 1 aromatic heterocycles. The zero-order valence-corrected chi connectivity index (χ0v) is 15.3. The van der Waals surface area contributed by atoms with Crippen LogP contribution in [-0.2, 0) is 24.1 Å². The normalized spacial score (nSPS) is 12.5. The molecule has 1 heterocycles. The molecule has 0 atom stereocenters. The van der Waals surface area contributed by atoms with Crippen LogP contribution >= 0.6 is 12.4 Å². The Morgan fingerprint density at radius 3 is 2.73 bits per heavy atom. The highest BCUT2D eigenvalue weighted by molar-refractivity contribution is 5.96. The zero-order chi connectivity index (χ0) is 17.4. The number of furan rings is 1. The number of carbonyl (C=O) groups is 1. The van der Waals surface area contributed by atoms with Crippen molar-refractivity contribution in [2.75, 3.05) is 18.2 Å². The van der Waals surface area contributed by atoms with E-state index in [9.17, 15) is 4.79 Å². The van der Waals surface area contributed by atoms with Gasteiger partial charge in [0.2, 0.25) is 5.91 Å². The third-order valence-corrected chi connectivity index (χ3v) is 4.73. The molecule has 1 aliphatic rings. The maximum absolute atomic E-state index is 12.4. The Labute approximate surface area is 157 Å². The second-order valence-electron chi connectivity index (χ2n) is 6.41. The summed E-state index contributed by atoms with van der Waals surface area (Å²) in [4.78, 5) is 12.4. The number of hydrogen-bond donors (Lipinski definition) is 2. The van der Waals surface area contributed by atoms with Crippen LogP contribution < -0.4 is 15.8 Å². The Morgan fingerprint density at radius 2 is 2.00 bits per heavy atom. The fourth-order valence-electron chi connectivity index (χ4n) is 3.48. The summed E-state index contributed by atoms with van der Waals surface area (Å²) in [5.74, 6) is 0.487. The van der Waals surface area contributed by atoms with Crippen molar-refractivity contribution in [1.82, 2.24) is 0 Å². The number of halogens is 1. The van der Waals surface area contributed by atoms with Gasteiger partial charge in [-0.1, -0.05) is 0 Å². The summed E-state index contributed by atoms with van der Waals surface area (Å²) in [7, 11) is 1.56. The van der Waals surface area contributed by atoms with Crippen LogP contribution in [0.4, 0.5) is 11.4 Å². The maximum Gasteiger partial charge on any atom is 0.228 e. The van der Waals surface area contributed by atoms with Crippen LogP contribution in [0.3, 0.4) is 0 Å². The molecule has 0 spiro atoms. The number of hydrogen-bond acceptors (Lipinski definition) is 4. The van der Waals surface area contributed by atoms with Gasteiger partial charge >= 0.3 is 0 Å². The fourth-order valence-corrected chi connectivity index (χ4v) is 3.48. The second kappa shape index (κ2) is 7.30. The first-order chi connectivity index (χ1) is 12.1. The molecule has 3 N–H and O–H groups in total. The molecule has 0 bridgehead atoms. The van der Waals surface area contributed by atoms with Crippen molar-refractivity contribution < 1.29 is 13.9 Å². The van der Waals surface area contributed by atoms with Gasteiger partial charge in [0.1, 0.15) is 11.3 Å². The van der Waals surface area contributed by atoms with Crippen LogP contribution in [0, 0.1) is 0 Å². The molecule has 136 valence electrons. The van der Waals surface area contributed by atoms with Gasteiger partial charge in [-0.15, -0.1) is 12.4 Å². The van der Waals surface area contributed by atoms with E-state index in [1.807, 2.05) is 0 Å². The molecule has 0 unspecified atom stereocenters. The molecule has 0 radical (unpaired) electrons. The Bertz CT molecular complexity index is 965. The topological polar surface area (TPSA) is 77.5 Å². The molecule has 0 aliphatic heterocycles. The predicted molar refractivity (Wildman–Crippen MR) is 105 cm³/mol. The van der Waals surface area contributed by atoms with Gasteiger partial charge < -0.3 is 20.2 Å². The number of nitrogens with one attached hydrogen (secondary N) is 1. The molecule has 3 aromatic rings. The lowest BCUT2D eigenvalue weighted by atomic mass is 10.0. The molecule has 1 amide bonds. The number of carbonyl (C=O) groups excluding carboxylic acids is 1. The van der Waals surface area contributed by atoms with Crippen LogP contribution in [0.2, 0.25) is 0 Å². The van der Waals surface area contributed by atoms with E-state index in [2.05, 4.69) is 17.4 Å². The van der Waals surface area contributed by atoms with Gasteiger partial charge in [0.25, 0.3) is 0 Å². The van der Waals surface area contributed by atoms with Crippen molar-refractivity contribution in [2.45, 2.75) is 25.7 Å². The van der Waals surface area contributed by atoms with Crippen molar-refractivity contribution in [3.63, 3.8) is 0 Å². The van der Waals surface area contributed by atoms with E-state index >= 15 is 0 Å². The van der Waals surface area contributed by atoms with Crippen molar-refractivity contribution >= 4 is 40.7 Å². The van der Waals surface area contributed by atoms with Crippen LogP contribution in [-0.4, -0.2) is 13.0 Å². The molecule has 4 rings (SSSR count). The summed E-state index contributed by atoms with van der Waals surface area (Å²) in [5, 5.41) is 3.91. The number of amides is 1. The number of aryl methyl sites for hydroxylation is 2. The smallest absolute Gasteiger partial charge is 0.228 e. The summed E-state index contributed by atoms with van der Waals surface area (Å²) in [6.45, 7) is 0. The largest absolute Gasteiger partial charge is 0.495 e. The summed E-state index contributed by atoms with van der Waals surface area (Å²) in [5.41, 5.74) is 11.5. The fraction of sp³-hybridized carbons (Fsp3) is 0.250. The molecule has 2 aromatic carbocycles. The average molecular weight is 373 g/mol. The molecule has 26 heavy (non-hydrogen) atoms. The summed E-state index contributed by atoms with van der Waals surface area (Å²) in [6.07, 6.45) is 5.35. The van der Waals surface area contributed by atoms with Gasteiger partial charge in [-0.25, -0.2) is 0 Å². The van der Waals surface area contributed by atoms with E-state index in [-0.39, 0.29) is 24.7 Å². The van der Waals surface area contributed by atoms with Gasteiger partial charge in [-0.3, -0.25) is 4.79 Å². The lowest BCUT2D eigenvalue weighted by Gasteiger charge is -2.08. The van der Waals surface area contributed by atoms with Gasteiger partial charge in [0.15, 0.2) is 0 Å². The number of methoxy groups -OCH3 is 1. The van der Waals surface area contributed by atoms with E-state index in [4.69, 9.17) is 14.9 Å². The number of nitrogen functional groups attached to an aromatic ring is 1. The van der Waals surface area contributed by atoms with Gasteiger partial charge in [0, 0.05) is 16.6 Å². The number of ether oxygens (including phenoxy) is 1. The van der Waals surface area contributed by atoms with Crippen LogP contribution in [0.25, 0.3) is 11.0 Å². The highest BCUT2D eigenvalue weighted by Gasteiger charge is 2.17. The number of anilines is 2. The Kier molecular flexibility index (Phi) is 5.09. The lowest BCUT2D eigenvalue weighted by molar-refractivity contribution is -0.115. The molecule has 0 saturated carbocycles. The number of rotatable bonds is 4. The van der Waals surface area contributed by atoms with Crippen molar-refractivity contribution in [2.24, 2.45) is 0 Å². The van der Waals surface area contributed by atoms with E-state index in [1.54, 1.807) is 31.6 Å². The highest BCUT2D eigenvalue weighted by atomic mass is 35.5. The van der Waals surface area contributed by atoms with Crippen molar-refractivity contribution in [1.29, 1.82) is 0 Å². The average Bonchev–Trinajstić information content (AvgIpc) is 3.20. The Hall–Kier alpha value is -2.66. The number of fused-ring (bicyclic) bond motifs is 2. The minimum absolute atomic E-state index is 0. The quantitative estimate of drug-likeness (QED) is 0.675. The molecule has 1 aliphatic carbocycles. The third-order valence-electron chi connectivity index (χ3n) is 4.73. The van der Waals surface area contributed by atoms with E-state index in [0.29, 0.717) is 17.1 Å². The summed E-state index contributed by atoms with van der Waals surface area (Å²) >= 11 is 0. The SMILES string of the molecule is COc1ccc(NC(=O)Cc2coc3cc4c(cc23)CCC4)cc1N.Cl. The van der Waals surface area contributed by atoms with Gasteiger partial charge in [-0.2, -0.15) is 0 Å². The monoisotopic (exact) mass is 372 g/mol. The number of nitrogens with two attached hydrogens (primary N) is 1. The first kappa shape index (κ1) is 18.1. The Balaban J connectivity index is 0.00000196. The van der Waals surface area contributed by atoms with E-state index in [1.165, 1.54) is 17.5 Å². The van der Waals surface area contributed by atoms with Gasteiger partial charge in [-0.05, 0) is 60.7 Å². The third kappa shape index (κ3) is 3.35. The maximum atomic E-state index is 12.4. The van der Waals surface area contributed by atoms with E-state index in [0.717, 1.165) is 29.4 Å². The van der Waals surface area contributed by atoms with Crippen LogP contribution in [0.5, 0.6) is 5.75 Å². The van der Waals surface area contributed by atoms with Gasteiger partial charge in [0.05, 0.1) is 25.5 Å².